The minimum absolute atomic E-state index is 0. The van der Waals surface area contributed by atoms with Crippen molar-refractivity contribution in [1.82, 2.24) is 3.97 Å². The van der Waals surface area contributed by atoms with Gasteiger partial charge in [0.1, 0.15) is 5.75 Å². The third-order valence-corrected chi connectivity index (χ3v) is 5.94. The Morgan fingerprint density at radius 3 is 2.38 bits per heavy atom. The zero-order valence-corrected chi connectivity index (χ0v) is 16.6. The average Bonchev–Trinajstić information content (AvgIpc) is 2.99. The van der Waals surface area contributed by atoms with E-state index in [4.69, 9.17) is 4.74 Å². The van der Waals surface area contributed by atoms with Crippen LogP contribution in [0.1, 0.15) is 5.56 Å². The van der Waals surface area contributed by atoms with Gasteiger partial charge in [0.2, 0.25) is 0 Å². The number of fused-ring (bicyclic) bond motifs is 1. The Kier molecular flexibility index (Phi) is 6.34. The Morgan fingerprint density at radius 2 is 1.77 bits per heavy atom. The van der Waals surface area contributed by atoms with Gasteiger partial charge in [-0.25, -0.2) is 12.4 Å². The van der Waals surface area contributed by atoms with Gasteiger partial charge in [-0.05, 0) is 35.9 Å². The summed E-state index contributed by atoms with van der Waals surface area (Å²) in [5.74, 6) is 0.723. The fraction of sp³-hybridized carbons (Fsp3) is 0.263. The van der Waals surface area contributed by atoms with E-state index in [0.717, 1.165) is 29.7 Å². The number of benzene rings is 2. The van der Waals surface area contributed by atoms with Gasteiger partial charge in [0.05, 0.1) is 38.2 Å². The van der Waals surface area contributed by atoms with Gasteiger partial charge in [-0.2, -0.15) is 0 Å². The minimum atomic E-state index is -3.63. The number of quaternary nitrogens is 1. The number of methoxy groups -OCH3 is 1. The van der Waals surface area contributed by atoms with Crippen molar-refractivity contribution in [3.05, 3.63) is 60.3 Å². The molecule has 0 unspecified atom stereocenters. The number of likely N-dealkylation sites (N-methyl/N-ethyl adjacent to an activating group) is 1. The van der Waals surface area contributed by atoms with Crippen LogP contribution in [0.3, 0.4) is 0 Å². The summed E-state index contributed by atoms with van der Waals surface area (Å²) in [7, 11) is 2.15. The van der Waals surface area contributed by atoms with Crippen LogP contribution < -0.4 is 22.0 Å². The van der Waals surface area contributed by atoms with Crippen LogP contribution in [0, 0.1) is 0 Å². The number of nitrogens with one attached hydrogen (secondary N) is 1. The quantitative estimate of drug-likeness (QED) is 0.558. The Morgan fingerprint density at radius 1 is 1.08 bits per heavy atom. The highest BCUT2D eigenvalue weighted by Gasteiger charge is 2.21. The van der Waals surface area contributed by atoms with Gasteiger partial charge in [0.15, 0.2) is 0 Å². The van der Waals surface area contributed by atoms with E-state index in [1.807, 2.05) is 12.1 Å². The standard InChI is InChI=1S/C19H22N2O3S.ClH/c1-20(2)12-11-15-14-21(19-10-9-16(24-3)13-18(15)19)25(22,23)17-7-5-4-6-8-17;/h4-10,13-14H,11-12H2,1-3H3;1H. The maximum atomic E-state index is 13.1. The SMILES string of the molecule is COc1ccc2c(c1)c(CC[NH+](C)C)cn2S(=O)(=O)c1ccccc1.[Cl-]. The number of hydrogen-bond acceptors (Lipinski definition) is 3. The molecule has 3 rings (SSSR count). The molecule has 0 saturated carbocycles. The smallest absolute Gasteiger partial charge is 0.268 e. The summed E-state index contributed by atoms with van der Waals surface area (Å²) in [5.41, 5.74) is 1.68. The summed E-state index contributed by atoms with van der Waals surface area (Å²) in [6.07, 6.45) is 2.54. The molecule has 26 heavy (non-hydrogen) atoms. The maximum absolute atomic E-state index is 13.1. The molecule has 0 bridgehead atoms. The van der Waals surface area contributed by atoms with E-state index in [9.17, 15) is 8.42 Å². The first kappa shape index (κ1) is 20.3. The zero-order chi connectivity index (χ0) is 18.0. The van der Waals surface area contributed by atoms with Crippen LogP contribution >= 0.6 is 0 Å². The number of hydrogen-bond donors (Lipinski definition) is 1. The maximum Gasteiger partial charge on any atom is 0.268 e. The van der Waals surface area contributed by atoms with Crippen LogP contribution in [0.15, 0.2) is 59.6 Å². The normalized spacial score (nSPS) is 11.5. The molecular weight excluding hydrogens is 372 g/mol. The lowest BCUT2D eigenvalue weighted by atomic mass is 10.1. The molecule has 5 nitrogen and oxygen atoms in total. The third kappa shape index (κ3) is 3.87. The van der Waals surface area contributed by atoms with E-state index >= 15 is 0 Å². The number of rotatable bonds is 6. The minimum Gasteiger partial charge on any atom is -1.00 e. The predicted molar refractivity (Wildman–Crippen MR) is 98.9 cm³/mol. The first-order valence-electron chi connectivity index (χ1n) is 8.21. The zero-order valence-electron chi connectivity index (χ0n) is 15.1. The Bertz CT molecular complexity index is 983. The van der Waals surface area contributed by atoms with Gasteiger partial charge < -0.3 is 22.0 Å². The lowest BCUT2D eigenvalue weighted by molar-refractivity contribution is -0.858. The Hall–Kier alpha value is -2.02. The Balaban J connectivity index is 0.00000243. The van der Waals surface area contributed by atoms with Crippen LogP contribution in [0.25, 0.3) is 10.9 Å². The molecule has 0 saturated heterocycles. The fourth-order valence-electron chi connectivity index (χ4n) is 2.86. The molecule has 1 aromatic heterocycles. The fourth-order valence-corrected chi connectivity index (χ4v) is 4.27. The molecular formula is C19H23ClN2O3S. The molecule has 0 fully saturated rings. The van der Waals surface area contributed by atoms with Crippen LogP contribution in [0.2, 0.25) is 0 Å². The van der Waals surface area contributed by atoms with Crippen LogP contribution in [-0.2, 0) is 16.4 Å². The summed E-state index contributed by atoms with van der Waals surface area (Å²) in [6.45, 7) is 0.918. The van der Waals surface area contributed by atoms with Crippen molar-refractivity contribution in [2.24, 2.45) is 0 Å². The number of ether oxygens (including phenoxy) is 1. The van der Waals surface area contributed by atoms with E-state index < -0.39 is 10.0 Å². The van der Waals surface area contributed by atoms with E-state index in [1.54, 1.807) is 49.7 Å². The lowest BCUT2D eigenvalue weighted by Crippen LogP contribution is -3.05. The van der Waals surface area contributed by atoms with Gasteiger partial charge in [-0.15, -0.1) is 0 Å². The van der Waals surface area contributed by atoms with Crippen molar-refractivity contribution in [2.75, 3.05) is 27.7 Å². The Labute approximate surface area is 160 Å². The first-order valence-corrected chi connectivity index (χ1v) is 9.65. The van der Waals surface area contributed by atoms with E-state index in [1.165, 1.54) is 8.87 Å². The van der Waals surface area contributed by atoms with Gasteiger partial charge in [-0.3, -0.25) is 0 Å². The van der Waals surface area contributed by atoms with Crippen LogP contribution in [-0.4, -0.2) is 40.1 Å². The monoisotopic (exact) mass is 394 g/mol. The molecule has 0 spiro atoms. The summed E-state index contributed by atoms with van der Waals surface area (Å²) in [5, 5.41) is 0.917. The van der Waals surface area contributed by atoms with Crippen molar-refractivity contribution in [2.45, 2.75) is 11.3 Å². The average molecular weight is 395 g/mol. The molecule has 0 radical (unpaired) electrons. The van der Waals surface area contributed by atoms with Crippen molar-refractivity contribution < 1.29 is 30.5 Å². The highest BCUT2D eigenvalue weighted by molar-refractivity contribution is 7.90. The molecule has 0 aliphatic heterocycles. The van der Waals surface area contributed by atoms with Crippen molar-refractivity contribution in [1.29, 1.82) is 0 Å². The molecule has 1 heterocycles. The summed E-state index contributed by atoms with van der Waals surface area (Å²) in [6, 6.07) is 14.0. The summed E-state index contributed by atoms with van der Waals surface area (Å²) >= 11 is 0. The predicted octanol–water partition coefficient (Wildman–Crippen LogP) is -1.42. The van der Waals surface area contributed by atoms with Gasteiger partial charge in [0.25, 0.3) is 10.0 Å². The summed E-state index contributed by atoms with van der Waals surface area (Å²) < 4.78 is 32.9. The largest absolute Gasteiger partial charge is 1.00 e. The van der Waals surface area contributed by atoms with Crippen LogP contribution in [0.5, 0.6) is 5.75 Å². The second-order valence-electron chi connectivity index (χ2n) is 6.36. The van der Waals surface area contributed by atoms with Crippen molar-refractivity contribution in [3.8, 4) is 5.75 Å². The molecule has 0 aliphatic rings. The second kappa shape index (κ2) is 8.12. The van der Waals surface area contributed by atoms with Crippen molar-refractivity contribution >= 4 is 20.9 Å². The molecule has 2 aromatic carbocycles. The topological polar surface area (TPSA) is 52.7 Å². The highest BCUT2D eigenvalue weighted by Crippen LogP contribution is 2.29. The second-order valence-corrected chi connectivity index (χ2v) is 8.17. The van der Waals surface area contributed by atoms with E-state index in [-0.39, 0.29) is 17.3 Å². The molecule has 0 aliphatic carbocycles. The van der Waals surface area contributed by atoms with Gasteiger partial charge in [0, 0.05) is 18.0 Å². The molecule has 0 atom stereocenters. The number of nitrogens with zero attached hydrogens (tertiary/aromatic N) is 1. The van der Waals surface area contributed by atoms with Crippen LogP contribution in [0.4, 0.5) is 0 Å². The highest BCUT2D eigenvalue weighted by atomic mass is 35.5. The molecule has 3 aromatic rings. The van der Waals surface area contributed by atoms with E-state index in [2.05, 4.69) is 14.1 Å². The van der Waals surface area contributed by atoms with Crippen molar-refractivity contribution in [3.63, 3.8) is 0 Å². The summed E-state index contributed by atoms with van der Waals surface area (Å²) in [4.78, 5) is 1.60. The molecule has 0 amide bonds. The molecule has 140 valence electrons. The third-order valence-electron chi connectivity index (χ3n) is 4.25. The number of halogens is 1. The number of aromatic nitrogens is 1. The first-order chi connectivity index (χ1) is 11.9. The molecule has 1 N–H and O–H groups in total. The lowest BCUT2D eigenvalue weighted by Gasteiger charge is -2.07. The van der Waals surface area contributed by atoms with Gasteiger partial charge >= 0.3 is 0 Å². The molecule has 7 heteroatoms. The van der Waals surface area contributed by atoms with E-state index in [0.29, 0.717) is 5.52 Å². The van der Waals surface area contributed by atoms with Gasteiger partial charge in [-0.1, -0.05) is 18.2 Å².